The molecule has 1 aliphatic carbocycles. The first-order valence-corrected chi connectivity index (χ1v) is 6.51. The molecule has 0 aromatic rings. The summed E-state index contributed by atoms with van der Waals surface area (Å²) in [6, 6.07) is 0. The molecule has 1 aliphatic heterocycles. The minimum Gasteiger partial charge on any atom is -0.458 e. The van der Waals surface area contributed by atoms with Crippen molar-refractivity contribution in [1.82, 2.24) is 0 Å². The molecule has 0 bridgehead atoms. The van der Waals surface area contributed by atoms with Crippen molar-refractivity contribution < 1.29 is 19.7 Å². The van der Waals surface area contributed by atoms with Gasteiger partial charge in [0, 0.05) is 12.0 Å². The lowest BCUT2D eigenvalue weighted by Gasteiger charge is -2.25. The van der Waals surface area contributed by atoms with E-state index in [1.807, 2.05) is 6.92 Å². The van der Waals surface area contributed by atoms with Crippen LogP contribution in [0, 0.1) is 5.92 Å². The molecule has 104 valence electrons. The van der Waals surface area contributed by atoms with Crippen molar-refractivity contribution >= 4 is 5.97 Å². The molecule has 4 nitrogen and oxygen atoms in total. The molecule has 4 atom stereocenters. The number of ether oxygens (including phenoxy) is 1. The smallest absolute Gasteiger partial charge is 0.334 e. The van der Waals surface area contributed by atoms with Crippen molar-refractivity contribution in [3.8, 4) is 0 Å². The number of rotatable bonds is 0. The minimum absolute atomic E-state index is 0.296. The van der Waals surface area contributed by atoms with Crippen molar-refractivity contribution in [2.24, 2.45) is 5.92 Å². The Morgan fingerprint density at radius 1 is 1.37 bits per heavy atom. The number of carbonyl (C=O) groups is 1. The van der Waals surface area contributed by atoms with Crippen molar-refractivity contribution in [3.05, 3.63) is 36.0 Å². The average Bonchev–Trinajstić information content (AvgIpc) is 2.60. The van der Waals surface area contributed by atoms with Gasteiger partial charge in [-0.1, -0.05) is 24.8 Å². The van der Waals surface area contributed by atoms with Crippen LogP contribution >= 0.6 is 0 Å². The summed E-state index contributed by atoms with van der Waals surface area (Å²) in [4.78, 5) is 11.6. The number of aliphatic hydroxyl groups is 2. The van der Waals surface area contributed by atoms with Crippen LogP contribution in [0.2, 0.25) is 0 Å². The molecule has 0 saturated carbocycles. The highest BCUT2D eigenvalue weighted by molar-refractivity contribution is 5.91. The van der Waals surface area contributed by atoms with Crippen molar-refractivity contribution in [2.45, 2.75) is 44.5 Å². The van der Waals surface area contributed by atoms with E-state index >= 15 is 0 Å². The molecule has 2 rings (SSSR count). The Labute approximate surface area is 113 Å². The number of aliphatic hydroxyl groups excluding tert-OH is 2. The second-order valence-electron chi connectivity index (χ2n) is 5.42. The van der Waals surface area contributed by atoms with Gasteiger partial charge in [0.25, 0.3) is 0 Å². The van der Waals surface area contributed by atoms with Crippen LogP contribution in [0.3, 0.4) is 0 Å². The van der Waals surface area contributed by atoms with Crippen molar-refractivity contribution in [2.75, 3.05) is 0 Å². The Hall–Kier alpha value is -1.39. The third-order valence-electron chi connectivity index (χ3n) is 3.89. The highest BCUT2D eigenvalue weighted by Crippen LogP contribution is 2.35. The standard InChI is InChI=1S/C15H20O4/c1-8-4-5-11(16)9(2)7-13-14(12(17)6-8)10(3)15(18)19-13/h6,11-14,16-17H,2-5,7H2,1H3/b8-6-/t11-,12-,13-,14-/m1/s1. The number of hydrogen-bond acceptors (Lipinski definition) is 4. The van der Waals surface area contributed by atoms with E-state index in [1.54, 1.807) is 6.08 Å². The summed E-state index contributed by atoms with van der Waals surface area (Å²) in [5.74, 6) is -0.925. The number of allylic oxidation sites excluding steroid dienone is 1. The second kappa shape index (κ2) is 5.31. The molecule has 2 aliphatic rings. The molecule has 0 radical (unpaired) electrons. The maximum absolute atomic E-state index is 11.6. The number of esters is 1. The fourth-order valence-corrected chi connectivity index (χ4v) is 2.68. The van der Waals surface area contributed by atoms with Gasteiger partial charge in [-0.2, -0.15) is 0 Å². The SMILES string of the molecule is C=C1C(=O)O[C@@H]2CC(=C)[C@H](O)CC/C(C)=C\[C@@H](O)[C@@H]12. The summed E-state index contributed by atoms with van der Waals surface area (Å²) in [6.07, 6.45) is 1.47. The lowest BCUT2D eigenvalue weighted by Crippen LogP contribution is -2.30. The van der Waals surface area contributed by atoms with Crippen molar-refractivity contribution in [1.29, 1.82) is 0 Å². The average molecular weight is 264 g/mol. The predicted octanol–water partition coefficient (Wildman–Crippen LogP) is 1.49. The highest BCUT2D eigenvalue weighted by Gasteiger charge is 2.42. The van der Waals surface area contributed by atoms with Gasteiger partial charge in [-0.15, -0.1) is 0 Å². The maximum atomic E-state index is 11.6. The van der Waals surface area contributed by atoms with E-state index in [2.05, 4.69) is 13.2 Å². The summed E-state index contributed by atoms with van der Waals surface area (Å²) < 4.78 is 5.23. The molecule has 0 spiro atoms. The Morgan fingerprint density at radius 3 is 2.74 bits per heavy atom. The van der Waals surface area contributed by atoms with Crippen LogP contribution in [0.5, 0.6) is 0 Å². The van der Waals surface area contributed by atoms with Gasteiger partial charge in [-0.25, -0.2) is 4.79 Å². The van der Waals surface area contributed by atoms with E-state index in [-0.39, 0.29) is 0 Å². The van der Waals surface area contributed by atoms with Crippen LogP contribution in [0.1, 0.15) is 26.2 Å². The number of fused-ring (bicyclic) bond motifs is 1. The molecule has 0 amide bonds. The fourth-order valence-electron chi connectivity index (χ4n) is 2.68. The second-order valence-corrected chi connectivity index (χ2v) is 5.42. The summed E-state index contributed by atoms with van der Waals surface area (Å²) in [7, 11) is 0. The molecular weight excluding hydrogens is 244 g/mol. The van der Waals surface area contributed by atoms with E-state index < -0.39 is 30.2 Å². The van der Waals surface area contributed by atoms with Gasteiger partial charge in [0.05, 0.1) is 18.1 Å². The van der Waals surface area contributed by atoms with Gasteiger partial charge in [0.15, 0.2) is 0 Å². The lowest BCUT2D eigenvalue weighted by atomic mass is 9.84. The molecule has 1 fully saturated rings. The molecule has 0 aromatic heterocycles. The predicted molar refractivity (Wildman–Crippen MR) is 71.3 cm³/mol. The Morgan fingerprint density at radius 2 is 2.05 bits per heavy atom. The molecule has 19 heavy (non-hydrogen) atoms. The summed E-state index contributed by atoms with van der Waals surface area (Å²) in [6.45, 7) is 9.47. The van der Waals surface area contributed by atoms with Crippen LogP contribution in [-0.4, -0.2) is 34.5 Å². The third-order valence-corrected chi connectivity index (χ3v) is 3.89. The molecule has 0 aromatic carbocycles. The van der Waals surface area contributed by atoms with Gasteiger partial charge in [0.2, 0.25) is 0 Å². The Kier molecular flexibility index (Phi) is 3.92. The van der Waals surface area contributed by atoms with Crippen LogP contribution in [0.4, 0.5) is 0 Å². The summed E-state index contributed by atoms with van der Waals surface area (Å²) >= 11 is 0. The van der Waals surface area contributed by atoms with Gasteiger partial charge < -0.3 is 14.9 Å². The van der Waals surface area contributed by atoms with Crippen LogP contribution in [0.15, 0.2) is 36.0 Å². The zero-order chi connectivity index (χ0) is 14.2. The lowest BCUT2D eigenvalue weighted by molar-refractivity contribution is -0.139. The molecule has 4 heteroatoms. The van der Waals surface area contributed by atoms with Crippen LogP contribution in [0.25, 0.3) is 0 Å². The van der Waals surface area contributed by atoms with E-state index in [0.29, 0.717) is 30.4 Å². The van der Waals surface area contributed by atoms with Gasteiger partial charge >= 0.3 is 5.97 Å². The number of carbonyl (C=O) groups excluding carboxylic acids is 1. The van der Waals surface area contributed by atoms with Crippen LogP contribution < -0.4 is 0 Å². The molecule has 2 N–H and O–H groups in total. The Balaban J connectivity index is 2.33. The van der Waals surface area contributed by atoms with E-state index in [0.717, 1.165) is 5.57 Å². The zero-order valence-electron chi connectivity index (χ0n) is 11.1. The fraction of sp³-hybridized carbons (Fsp3) is 0.533. The maximum Gasteiger partial charge on any atom is 0.334 e. The molecule has 0 unspecified atom stereocenters. The van der Waals surface area contributed by atoms with E-state index in [1.165, 1.54) is 0 Å². The third kappa shape index (κ3) is 2.80. The summed E-state index contributed by atoms with van der Waals surface area (Å²) in [5, 5.41) is 20.2. The van der Waals surface area contributed by atoms with Crippen LogP contribution in [-0.2, 0) is 9.53 Å². The summed E-state index contributed by atoms with van der Waals surface area (Å²) in [5.41, 5.74) is 1.91. The minimum atomic E-state index is -0.785. The number of hydrogen-bond donors (Lipinski definition) is 2. The molecule has 1 heterocycles. The van der Waals surface area contributed by atoms with E-state index in [4.69, 9.17) is 4.74 Å². The first-order chi connectivity index (χ1) is 8.90. The Bertz CT molecular complexity index is 449. The molecule has 1 saturated heterocycles. The first-order valence-electron chi connectivity index (χ1n) is 6.51. The van der Waals surface area contributed by atoms with Gasteiger partial charge in [0.1, 0.15) is 6.10 Å². The largest absolute Gasteiger partial charge is 0.458 e. The quantitative estimate of drug-likeness (QED) is 0.395. The van der Waals surface area contributed by atoms with Gasteiger partial charge in [-0.3, -0.25) is 0 Å². The zero-order valence-corrected chi connectivity index (χ0v) is 11.1. The van der Waals surface area contributed by atoms with E-state index in [9.17, 15) is 15.0 Å². The molecular formula is C15H20O4. The normalized spacial score (nSPS) is 39.3. The highest BCUT2D eigenvalue weighted by atomic mass is 16.6. The first kappa shape index (κ1) is 14.0. The van der Waals surface area contributed by atoms with Gasteiger partial charge in [-0.05, 0) is 25.3 Å². The van der Waals surface area contributed by atoms with Crippen molar-refractivity contribution in [3.63, 3.8) is 0 Å². The monoisotopic (exact) mass is 264 g/mol. The topological polar surface area (TPSA) is 66.8 Å².